The number of ether oxygens (including phenoxy) is 2. The smallest absolute Gasteiger partial charge is 0.360 e. The average molecular weight is 254 g/mol. The highest BCUT2D eigenvalue weighted by molar-refractivity contribution is 5.86. The quantitative estimate of drug-likeness (QED) is 0.569. The number of nitrogens with zero attached hydrogens (tertiary/aromatic N) is 3. The Morgan fingerprint density at radius 3 is 2.94 bits per heavy atom. The number of rotatable bonds is 6. The monoisotopic (exact) mass is 254 g/mol. The van der Waals surface area contributed by atoms with E-state index < -0.39 is 5.97 Å². The van der Waals surface area contributed by atoms with Crippen molar-refractivity contribution in [3.63, 3.8) is 0 Å². The first-order valence-electron chi connectivity index (χ1n) is 6.08. The van der Waals surface area contributed by atoms with Gasteiger partial charge in [-0.2, -0.15) is 0 Å². The highest BCUT2D eigenvalue weighted by atomic mass is 16.6. The minimum absolute atomic E-state index is 0.135. The lowest BCUT2D eigenvalue weighted by molar-refractivity contribution is 0.0172. The van der Waals surface area contributed by atoms with Crippen molar-refractivity contribution < 1.29 is 14.3 Å². The van der Waals surface area contributed by atoms with Crippen molar-refractivity contribution in [2.45, 2.75) is 26.0 Å². The zero-order valence-corrected chi connectivity index (χ0v) is 10.6. The van der Waals surface area contributed by atoms with E-state index in [1.54, 1.807) is 10.9 Å². The minimum atomic E-state index is -0.458. The summed E-state index contributed by atoms with van der Waals surface area (Å²) in [7, 11) is 0. The number of carbonyl (C=O) groups is 1. The molecule has 1 aliphatic rings. The zero-order valence-electron chi connectivity index (χ0n) is 10.6. The normalized spacial score (nSPS) is 15.7. The van der Waals surface area contributed by atoms with Gasteiger partial charge in [0.1, 0.15) is 6.61 Å². The van der Waals surface area contributed by atoms with E-state index >= 15 is 0 Å². The molecule has 1 fully saturated rings. The first kappa shape index (κ1) is 13.0. The summed E-state index contributed by atoms with van der Waals surface area (Å²) in [6.45, 7) is 6.21. The number of carbonyl (C=O) groups excluding carboxylic acids is 1. The molecule has 0 spiro atoms. The fourth-order valence-electron chi connectivity index (χ4n) is 1.50. The SMILES string of the molecule is CC(C)OCCOC(=O)c1cn(C2CNC2)nn1. The van der Waals surface area contributed by atoms with E-state index in [-0.39, 0.29) is 18.4 Å². The second-order valence-electron chi connectivity index (χ2n) is 4.45. The van der Waals surface area contributed by atoms with Crippen LogP contribution >= 0.6 is 0 Å². The zero-order chi connectivity index (χ0) is 13.0. The van der Waals surface area contributed by atoms with E-state index in [9.17, 15) is 4.79 Å². The maximum absolute atomic E-state index is 11.6. The molecule has 1 saturated heterocycles. The van der Waals surface area contributed by atoms with Crippen molar-refractivity contribution in [2.24, 2.45) is 0 Å². The Morgan fingerprint density at radius 1 is 1.56 bits per heavy atom. The van der Waals surface area contributed by atoms with Crippen molar-refractivity contribution in [1.82, 2.24) is 20.3 Å². The fraction of sp³-hybridized carbons (Fsp3) is 0.727. The molecule has 2 heterocycles. The third-order valence-corrected chi connectivity index (χ3v) is 2.62. The maximum Gasteiger partial charge on any atom is 0.360 e. The van der Waals surface area contributed by atoms with E-state index in [1.165, 1.54) is 0 Å². The molecular formula is C11H18N4O3. The van der Waals surface area contributed by atoms with Crippen LogP contribution in [0.15, 0.2) is 6.20 Å². The molecular weight excluding hydrogens is 236 g/mol. The van der Waals surface area contributed by atoms with E-state index in [2.05, 4.69) is 15.6 Å². The maximum atomic E-state index is 11.6. The summed E-state index contributed by atoms with van der Waals surface area (Å²) < 4.78 is 12.0. The summed E-state index contributed by atoms with van der Waals surface area (Å²) in [5.41, 5.74) is 0.242. The van der Waals surface area contributed by atoms with Crippen molar-refractivity contribution in [3.8, 4) is 0 Å². The Balaban J connectivity index is 1.76. The van der Waals surface area contributed by atoms with Crippen LogP contribution in [-0.4, -0.2) is 53.4 Å². The van der Waals surface area contributed by atoms with Gasteiger partial charge in [-0.1, -0.05) is 5.21 Å². The van der Waals surface area contributed by atoms with E-state index in [4.69, 9.17) is 9.47 Å². The second kappa shape index (κ2) is 5.92. The lowest BCUT2D eigenvalue weighted by atomic mass is 10.2. The van der Waals surface area contributed by atoms with Crippen LogP contribution in [0.25, 0.3) is 0 Å². The van der Waals surface area contributed by atoms with Gasteiger partial charge in [0, 0.05) is 13.1 Å². The van der Waals surface area contributed by atoms with Gasteiger partial charge in [-0.25, -0.2) is 9.48 Å². The van der Waals surface area contributed by atoms with Crippen molar-refractivity contribution in [1.29, 1.82) is 0 Å². The Morgan fingerprint density at radius 2 is 2.33 bits per heavy atom. The Labute approximate surface area is 105 Å². The van der Waals surface area contributed by atoms with Crippen LogP contribution in [-0.2, 0) is 9.47 Å². The van der Waals surface area contributed by atoms with Gasteiger partial charge in [0.25, 0.3) is 0 Å². The molecule has 100 valence electrons. The van der Waals surface area contributed by atoms with Gasteiger partial charge in [-0.15, -0.1) is 5.10 Å². The molecule has 1 aromatic rings. The van der Waals surface area contributed by atoms with Crippen molar-refractivity contribution >= 4 is 5.97 Å². The van der Waals surface area contributed by atoms with E-state index in [0.29, 0.717) is 12.6 Å². The lowest BCUT2D eigenvalue weighted by Crippen LogP contribution is -2.43. The third kappa shape index (κ3) is 3.27. The fourth-order valence-corrected chi connectivity index (χ4v) is 1.50. The van der Waals surface area contributed by atoms with Gasteiger partial charge < -0.3 is 14.8 Å². The molecule has 18 heavy (non-hydrogen) atoms. The molecule has 0 saturated carbocycles. The summed E-state index contributed by atoms with van der Waals surface area (Å²) in [5, 5.41) is 10.8. The Hall–Kier alpha value is -1.47. The molecule has 2 rings (SSSR count). The summed E-state index contributed by atoms with van der Waals surface area (Å²) in [4.78, 5) is 11.6. The average Bonchev–Trinajstić information content (AvgIpc) is 2.70. The second-order valence-corrected chi connectivity index (χ2v) is 4.45. The summed E-state index contributed by atoms with van der Waals surface area (Å²) in [6, 6.07) is 0.295. The number of esters is 1. The predicted octanol–water partition coefficient (Wildman–Crippen LogP) is 0.00420. The van der Waals surface area contributed by atoms with Crippen LogP contribution in [0.3, 0.4) is 0 Å². The van der Waals surface area contributed by atoms with Gasteiger partial charge in [0.15, 0.2) is 5.69 Å². The molecule has 0 amide bonds. The molecule has 1 N–H and O–H groups in total. The summed E-state index contributed by atoms with van der Waals surface area (Å²) in [6.07, 6.45) is 1.76. The molecule has 0 radical (unpaired) electrons. The highest BCUT2D eigenvalue weighted by Crippen LogP contribution is 2.10. The van der Waals surface area contributed by atoms with Crippen LogP contribution in [0, 0.1) is 0 Å². The molecule has 0 atom stereocenters. The van der Waals surface area contributed by atoms with Gasteiger partial charge in [-0.05, 0) is 13.8 Å². The van der Waals surface area contributed by atoms with Crippen molar-refractivity contribution in [2.75, 3.05) is 26.3 Å². The summed E-state index contributed by atoms with van der Waals surface area (Å²) >= 11 is 0. The van der Waals surface area contributed by atoms with Crippen LogP contribution in [0.4, 0.5) is 0 Å². The summed E-state index contributed by atoms with van der Waals surface area (Å²) in [5.74, 6) is -0.458. The molecule has 0 bridgehead atoms. The van der Waals surface area contributed by atoms with Crippen molar-refractivity contribution in [3.05, 3.63) is 11.9 Å². The number of hydrogen-bond acceptors (Lipinski definition) is 6. The number of aromatic nitrogens is 3. The van der Waals surface area contributed by atoms with Gasteiger partial charge in [-0.3, -0.25) is 0 Å². The topological polar surface area (TPSA) is 78.3 Å². The lowest BCUT2D eigenvalue weighted by Gasteiger charge is -2.26. The molecule has 1 aromatic heterocycles. The van der Waals surface area contributed by atoms with Crippen LogP contribution in [0.1, 0.15) is 30.4 Å². The van der Waals surface area contributed by atoms with Gasteiger partial charge >= 0.3 is 5.97 Å². The molecule has 0 aromatic carbocycles. The first-order chi connectivity index (χ1) is 8.66. The van der Waals surface area contributed by atoms with Gasteiger partial charge in [0.05, 0.1) is 24.9 Å². The Kier molecular flexibility index (Phi) is 4.27. The third-order valence-electron chi connectivity index (χ3n) is 2.62. The van der Waals surface area contributed by atoms with Crippen LogP contribution in [0.5, 0.6) is 0 Å². The number of nitrogens with one attached hydrogen (secondary N) is 1. The molecule has 7 nitrogen and oxygen atoms in total. The number of hydrogen-bond donors (Lipinski definition) is 1. The van der Waals surface area contributed by atoms with Gasteiger partial charge in [0.2, 0.25) is 0 Å². The Bertz CT molecular complexity index is 401. The van der Waals surface area contributed by atoms with Crippen LogP contribution in [0.2, 0.25) is 0 Å². The largest absolute Gasteiger partial charge is 0.458 e. The first-order valence-corrected chi connectivity index (χ1v) is 6.08. The van der Waals surface area contributed by atoms with E-state index in [1.807, 2.05) is 13.8 Å². The molecule has 7 heteroatoms. The predicted molar refractivity (Wildman–Crippen MR) is 63.3 cm³/mol. The minimum Gasteiger partial charge on any atom is -0.458 e. The molecule has 0 unspecified atom stereocenters. The molecule has 0 aliphatic carbocycles. The van der Waals surface area contributed by atoms with Crippen LogP contribution < -0.4 is 5.32 Å². The van der Waals surface area contributed by atoms with E-state index in [0.717, 1.165) is 13.1 Å². The molecule has 1 aliphatic heterocycles. The highest BCUT2D eigenvalue weighted by Gasteiger charge is 2.22. The standard InChI is InChI=1S/C11H18N4O3/c1-8(2)17-3-4-18-11(16)10-7-15(14-13-10)9-5-12-6-9/h7-9,12H,3-6H2,1-2H3.